The van der Waals surface area contributed by atoms with Crippen molar-refractivity contribution < 1.29 is 9.47 Å². The monoisotopic (exact) mass is 418 g/mol. The van der Waals surface area contributed by atoms with Gasteiger partial charge in [-0.1, -0.05) is 34.1 Å². The molecule has 2 aliphatic heterocycles. The van der Waals surface area contributed by atoms with E-state index in [-0.39, 0.29) is 6.04 Å². The molecule has 4 nitrogen and oxygen atoms in total. The van der Waals surface area contributed by atoms with Gasteiger partial charge in [-0.15, -0.1) is 0 Å². The molecule has 2 bridgehead atoms. The molecule has 25 heavy (non-hydrogen) atoms. The second-order valence-corrected chi connectivity index (χ2v) is 7.71. The van der Waals surface area contributed by atoms with Crippen molar-refractivity contribution in [2.75, 3.05) is 11.5 Å². The molecule has 1 saturated heterocycles. The zero-order valence-electron chi connectivity index (χ0n) is 14.1. The SMILES string of the molecule is CCOc1cccc2c1O[C@@]1(C)C[C@H]2NC(=S)N1c1cccc(Br)c1. The predicted molar refractivity (Wildman–Crippen MR) is 106 cm³/mol. The third-order valence-electron chi connectivity index (χ3n) is 4.63. The molecule has 0 aliphatic carbocycles. The molecule has 0 amide bonds. The Kier molecular flexibility index (Phi) is 4.12. The van der Waals surface area contributed by atoms with Crippen LogP contribution in [0.4, 0.5) is 5.69 Å². The highest BCUT2D eigenvalue weighted by molar-refractivity contribution is 9.10. The highest BCUT2D eigenvalue weighted by Gasteiger charge is 2.49. The summed E-state index contributed by atoms with van der Waals surface area (Å²) in [4.78, 5) is 2.05. The number of para-hydroxylation sites is 1. The van der Waals surface area contributed by atoms with E-state index in [0.717, 1.165) is 33.6 Å². The molecule has 4 rings (SSSR count). The molecule has 2 aromatic carbocycles. The number of hydrogen-bond acceptors (Lipinski definition) is 3. The fraction of sp³-hybridized carbons (Fsp3) is 0.316. The van der Waals surface area contributed by atoms with Gasteiger partial charge in [0, 0.05) is 22.1 Å². The van der Waals surface area contributed by atoms with Crippen LogP contribution in [0.15, 0.2) is 46.9 Å². The molecule has 6 heteroatoms. The zero-order chi connectivity index (χ0) is 17.6. The van der Waals surface area contributed by atoms with Gasteiger partial charge < -0.3 is 14.8 Å². The maximum Gasteiger partial charge on any atom is 0.188 e. The minimum Gasteiger partial charge on any atom is -0.490 e. The Balaban J connectivity index is 1.81. The van der Waals surface area contributed by atoms with E-state index >= 15 is 0 Å². The number of rotatable bonds is 3. The maximum atomic E-state index is 6.51. The number of nitrogens with one attached hydrogen (secondary N) is 1. The number of ether oxygens (including phenoxy) is 2. The van der Waals surface area contributed by atoms with Gasteiger partial charge in [-0.25, -0.2) is 0 Å². The summed E-state index contributed by atoms with van der Waals surface area (Å²) >= 11 is 9.22. The Morgan fingerprint density at radius 3 is 2.92 bits per heavy atom. The standard InChI is InChI=1S/C19H19BrN2O2S/c1-3-23-16-9-5-8-14-15-11-19(2,24-17(14)16)22(18(25)21-15)13-7-4-6-12(20)10-13/h4-10,15H,3,11H2,1-2H3,(H,21,25)/t15-,19+/m1/s1. The quantitative estimate of drug-likeness (QED) is 0.725. The van der Waals surface area contributed by atoms with E-state index in [1.807, 2.05) is 43.3 Å². The molecule has 0 aromatic heterocycles. The molecule has 1 N–H and O–H groups in total. The summed E-state index contributed by atoms with van der Waals surface area (Å²) in [5, 5.41) is 4.14. The van der Waals surface area contributed by atoms with Gasteiger partial charge in [-0.05, 0) is 50.3 Å². The van der Waals surface area contributed by atoms with Crippen LogP contribution in [-0.2, 0) is 0 Å². The summed E-state index contributed by atoms with van der Waals surface area (Å²) in [7, 11) is 0. The van der Waals surface area contributed by atoms with E-state index in [1.165, 1.54) is 0 Å². The van der Waals surface area contributed by atoms with Gasteiger partial charge in [0.25, 0.3) is 0 Å². The van der Waals surface area contributed by atoms with E-state index in [2.05, 4.69) is 39.1 Å². The summed E-state index contributed by atoms with van der Waals surface area (Å²) < 4.78 is 13.3. The average Bonchev–Trinajstić information content (AvgIpc) is 2.55. The molecule has 0 spiro atoms. The van der Waals surface area contributed by atoms with Gasteiger partial charge in [-0.2, -0.15) is 0 Å². The topological polar surface area (TPSA) is 33.7 Å². The van der Waals surface area contributed by atoms with Crippen molar-refractivity contribution in [3.8, 4) is 11.5 Å². The summed E-state index contributed by atoms with van der Waals surface area (Å²) in [5.74, 6) is 1.58. The van der Waals surface area contributed by atoms with Gasteiger partial charge >= 0.3 is 0 Å². The van der Waals surface area contributed by atoms with Crippen LogP contribution in [0.3, 0.4) is 0 Å². The van der Waals surface area contributed by atoms with Crippen LogP contribution < -0.4 is 19.7 Å². The Morgan fingerprint density at radius 1 is 1.36 bits per heavy atom. The minimum absolute atomic E-state index is 0.116. The summed E-state index contributed by atoms with van der Waals surface area (Å²) in [6.45, 7) is 4.66. The summed E-state index contributed by atoms with van der Waals surface area (Å²) in [6.07, 6.45) is 0.794. The smallest absolute Gasteiger partial charge is 0.188 e. The van der Waals surface area contributed by atoms with Crippen molar-refractivity contribution in [3.63, 3.8) is 0 Å². The molecule has 130 valence electrons. The number of nitrogens with zero attached hydrogens (tertiary/aromatic N) is 1. The Morgan fingerprint density at radius 2 is 2.16 bits per heavy atom. The van der Waals surface area contributed by atoms with Crippen molar-refractivity contribution in [1.82, 2.24) is 5.32 Å². The number of fused-ring (bicyclic) bond motifs is 4. The van der Waals surface area contributed by atoms with Crippen molar-refractivity contribution in [1.29, 1.82) is 0 Å². The second-order valence-electron chi connectivity index (χ2n) is 6.41. The lowest BCUT2D eigenvalue weighted by molar-refractivity contribution is 0.0457. The molecule has 0 radical (unpaired) electrons. The molecule has 2 atom stereocenters. The van der Waals surface area contributed by atoms with Crippen molar-refractivity contribution in [2.24, 2.45) is 0 Å². The Labute approximate surface area is 161 Å². The first-order chi connectivity index (χ1) is 12.0. The van der Waals surface area contributed by atoms with Gasteiger partial charge in [0.2, 0.25) is 0 Å². The molecular weight excluding hydrogens is 400 g/mol. The van der Waals surface area contributed by atoms with Crippen LogP contribution >= 0.6 is 28.1 Å². The van der Waals surface area contributed by atoms with Crippen LogP contribution in [0.1, 0.15) is 31.9 Å². The Bertz CT molecular complexity index is 844. The van der Waals surface area contributed by atoms with E-state index in [1.54, 1.807) is 0 Å². The lowest BCUT2D eigenvalue weighted by Crippen LogP contribution is -2.65. The third kappa shape index (κ3) is 2.77. The number of benzene rings is 2. The first kappa shape index (κ1) is 16.7. The normalized spacial score (nSPS) is 24.2. The van der Waals surface area contributed by atoms with Gasteiger partial charge in [0.15, 0.2) is 22.3 Å². The van der Waals surface area contributed by atoms with Crippen molar-refractivity contribution in [3.05, 3.63) is 52.5 Å². The van der Waals surface area contributed by atoms with Crippen LogP contribution in [0.2, 0.25) is 0 Å². The van der Waals surface area contributed by atoms with E-state index < -0.39 is 5.72 Å². The van der Waals surface area contributed by atoms with Crippen LogP contribution in [0.5, 0.6) is 11.5 Å². The fourth-order valence-corrected chi connectivity index (χ4v) is 4.46. The first-order valence-electron chi connectivity index (χ1n) is 8.33. The van der Waals surface area contributed by atoms with Gasteiger partial charge in [0.1, 0.15) is 0 Å². The molecule has 2 aromatic rings. The van der Waals surface area contributed by atoms with E-state index in [9.17, 15) is 0 Å². The highest BCUT2D eigenvalue weighted by Crippen LogP contribution is 2.49. The van der Waals surface area contributed by atoms with Gasteiger partial charge in [0.05, 0.1) is 12.6 Å². The van der Waals surface area contributed by atoms with E-state index in [0.29, 0.717) is 11.7 Å². The van der Waals surface area contributed by atoms with Gasteiger partial charge in [-0.3, -0.25) is 4.90 Å². The molecular formula is C19H19BrN2O2S. The van der Waals surface area contributed by atoms with Crippen molar-refractivity contribution >= 4 is 38.9 Å². The first-order valence-corrected chi connectivity index (χ1v) is 9.53. The molecule has 0 unspecified atom stereocenters. The predicted octanol–water partition coefficient (Wildman–Crippen LogP) is 4.78. The largest absolute Gasteiger partial charge is 0.490 e. The molecule has 2 heterocycles. The summed E-state index contributed by atoms with van der Waals surface area (Å²) in [5.41, 5.74) is 1.51. The van der Waals surface area contributed by atoms with Crippen LogP contribution in [0, 0.1) is 0 Å². The second kappa shape index (κ2) is 6.18. The average molecular weight is 419 g/mol. The van der Waals surface area contributed by atoms with Crippen LogP contribution in [0.25, 0.3) is 0 Å². The molecule has 2 aliphatic rings. The van der Waals surface area contributed by atoms with Crippen LogP contribution in [-0.4, -0.2) is 17.4 Å². The zero-order valence-corrected chi connectivity index (χ0v) is 16.5. The number of anilines is 1. The minimum atomic E-state index is -0.575. The Hall–Kier alpha value is -1.79. The van der Waals surface area contributed by atoms with Crippen molar-refractivity contribution in [2.45, 2.75) is 32.0 Å². The molecule has 1 fully saturated rings. The fourth-order valence-electron chi connectivity index (χ4n) is 3.64. The van der Waals surface area contributed by atoms with E-state index in [4.69, 9.17) is 21.7 Å². The number of hydrogen-bond donors (Lipinski definition) is 1. The lowest BCUT2D eigenvalue weighted by atomic mass is 9.90. The molecule has 0 saturated carbocycles. The number of halogens is 1. The maximum absolute atomic E-state index is 6.51. The lowest BCUT2D eigenvalue weighted by Gasteiger charge is -2.52. The number of thiocarbonyl (C=S) groups is 1. The highest BCUT2D eigenvalue weighted by atomic mass is 79.9. The summed E-state index contributed by atoms with van der Waals surface area (Å²) in [6, 6.07) is 14.2. The third-order valence-corrected chi connectivity index (χ3v) is 5.42.